The molecule has 0 aliphatic heterocycles. The Morgan fingerprint density at radius 3 is 2.58 bits per heavy atom. The molecule has 0 bridgehead atoms. The van der Waals surface area contributed by atoms with Crippen LogP contribution in [0.2, 0.25) is 0 Å². The zero-order valence-corrected chi connectivity index (χ0v) is 17.1. The fourth-order valence-corrected chi connectivity index (χ4v) is 3.07. The van der Waals surface area contributed by atoms with E-state index in [4.69, 9.17) is 9.47 Å². The van der Waals surface area contributed by atoms with E-state index >= 15 is 0 Å². The van der Waals surface area contributed by atoms with Crippen LogP contribution in [-0.4, -0.2) is 29.6 Å². The Kier molecular flexibility index (Phi) is 7.07. The third-order valence-corrected chi connectivity index (χ3v) is 4.76. The van der Waals surface area contributed by atoms with Gasteiger partial charge in [0.1, 0.15) is 4.88 Å². The molecule has 10 heteroatoms. The fraction of sp³-hybridized carbons (Fsp3) is 0.0952. The molecule has 0 radical (unpaired) electrons. The predicted octanol–water partition coefficient (Wildman–Crippen LogP) is 4.04. The van der Waals surface area contributed by atoms with Crippen molar-refractivity contribution in [1.82, 2.24) is 5.43 Å². The number of nitrogens with one attached hydrogen (secondary N) is 1. The number of hydrogen-bond donors (Lipinski definition) is 1. The molecule has 0 aliphatic rings. The second kappa shape index (κ2) is 10.1. The average Bonchev–Trinajstić information content (AvgIpc) is 3.31. The van der Waals surface area contributed by atoms with Gasteiger partial charge in [0.15, 0.2) is 11.5 Å². The van der Waals surface area contributed by atoms with Gasteiger partial charge in [-0.3, -0.25) is 14.9 Å². The van der Waals surface area contributed by atoms with Crippen LogP contribution in [0, 0.1) is 10.1 Å². The number of thiophene rings is 1. The van der Waals surface area contributed by atoms with E-state index in [9.17, 15) is 19.7 Å². The number of nitro benzene ring substituents is 1. The van der Waals surface area contributed by atoms with E-state index in [1.807, 2.05) is 0 Å². The van der Waals surface area contributed by atoms with Crippen LogP contribution in [0.25, 0.3) is 0 Å². The molecule has 1 amide bonds. The van der Waals surface area contributed by atoms with Crippen molar-refractivity contribution in [3.8, 4) is 11.5 Å². The molecular weight excluding hydrogens is 422 g/mol. The van der Waals surface area contributed by atoms with Crippen LogP contribution in [0.4, 0.5) is 5.69 Å². The molecule has 0 atom stereocenters. The van der Waals surface area contributed by atoms with Gasteiger partial charge in [0, 0.05) is 17.7 Å². The minimum absolute atomic E-state index is 0.108. The average molecular weight is 439 g/mol. The summed E-state index contributed by atoms with van der Waals surface area (Å²) in [4.78, 5) is 34.9. The Labute approximate surface area is 181 Å². The fourth-order valence-electron chi connectivity index (χ4n) is 2.47. The van der Waals surface area contributed by atoms with Gasteiger partial charge in [-0.15, -0.1) is 11.3 Å². The van der Waals surface area contributed by atoms with Crippen molar-refractivity contribution in [1.29, 1.82) is 0 Å². The number of nitro groups is 1. The smallest absolute Gasteiger partial charge is 0.353 e. The summed E-state index contributed by atoms with van der Waals surface area (Å²) < 4.78 is 11.0. The zero-order valence-electron chi connectivity index (χ0n) is 16.3. The van der Waals surface area contributed by atoms with Gasteiger partial charge < -0.3 is 9.47 Å². The highest BCUT2D eigenvalue weighted by Crippen LogP contribution is 2.29. The zero-order chi connectivity index (χ0) is 22.2. The maximum absolute atomic E-state index is 12.2. The second-order valence-corrected chi connectivity index (χ2v) is 6.96. The summed E-state index contributed by atoms with van der Waals surface area (Å²) >= 11 is 1.28. The molecule has 2 aromatic carbocycles. The topological polar surface area (TPSA) is 120 Å². The SMILES string of the molecule is CCOc1cc(/C=N\NC(=O)c2ccc([N+](=O)[O-])cc2)ccc1OC(=O)c1cccs1. The molecule has 158 valence electrons. The molecule has 1 heterocycles. The lowest BCUT2D eigenvalue weighted by Crippen LogP contribution is -2.17. The molecule has 0 aliphatic carbocycles. The number of hydrogen-bond acceptors (Lipinski definition) is 8. The summed E-state index contributed by atoms with van der Waals surface area (Å²) in [6, 6.07) is 13.4. The standard InChI is InChI=1S/C21H17N3O6S/c1-2-29-18-12-14(5-10-17(18)30-21(26)19-4-3-11-31-19)13-22-23-20(25)15-6-8-16(9-7-15)24(27)28/h3-13H,2H2,1H3,(H,23,25)/b22-13-. The summed E-state index contributed by atoms with van der Waals surface area (Å²) in [5.41, 5.74) is 3.07. The lowest BCUT2D eigenvalue weighted by molar-refractivity contribution is -0.384. The first kappa shape index (κ1) is 21.7. The molecule has 0 unspecified atom stereocenters. The number of esters is 1. The number of carbonyl (C=O) groups is 2. The normalized spacial score (nSPS) is 10.6. The van der Waals surface area contributed by atoms with Gasteiger partial charge in [0.2, 0.25) is 0 Å². The van der Waals surface area contributed by atoms with Gasteiger partial charge in [0.25, 0.3) is 11.6 Å². The Bertz CT molecular complexity index is 1110. The third kappa shape index (κ3) is 5.73. The summed E-state index contributed by atoms with van der Waals surface area (Å²) in [6.07, 6.45) is 1.40. The second-order valence-electron chi connectivity index (χ2n) is 6.01. The third-order valence-electron chi connectivity index (χ3n) is 3.91. The van der Waals surface area contributed by atoms with E-state index in [1.54, 1.807) is 42.6 Å². The van der Waals surface area contributed by atoms with E-state index < -0.39 is 16.8 Å². The first-order valence-electron chi connectivity index (χ1n) is 9.08. The van der Waals surface area contributed by atoms with Crippen molar-refractivity contribution in [2.24, 2.45) is 5.10 Å². The van der Waals surface area contributed by atoms with Gasteiger partial charge in [-0.1, -0.05) is 6.07 Å². The van der Waals surface area contributed by atoms with Crippen LogP contribution < -0.4 is 14.9 Å². The number of non-ortho nitro benzene ring substituents is 1. The molecular formula is C21H17N3O6S. The lowest BCUT2D eigenvalue weighted by atomic mass is 10.2. The first-order valence-corrected chi connectivity index (χ1v) is 9.96. The van der Waals surface area contributed by atoms with Gasteiger partial charge in [-0.25, -0.2) is 10.2 Å². The largest absolute Gasteiger partial charge is 0.490 e. The molecule has 0 spiro atoms. The van der Waals surface area contributed by atoms with E-state index in [0.29, 0.717) is 22.8 Å². The Morgan fingerprint density at radius 1 is 1.16 bits per heavy atom. The maximum Gasteiger partial charge on any atom is 0.353 e. The number of hydrazone groups is 1. The molecule has 3 rings (SSSR count). The van der Waals surface area contributed by atoms with Gasteiger partial charge in [0.05, 0.1) is 17.7 Å². The Hall–Kier alpha value is -4.05. The molecule has 0 saturated heterocycles. The van der Waals surface area contributed by atoms with Gasteiger partial charge in [-0.05, 0) is 54.3 Å². The van der Waals surface area contributed by atoms with Crippen LogP contribution in [0.3, 0.4) is 0 Å². The summed E-state index contributed by atoms with van der Waals surface area (Å²) in [6.45, 7) is 2.16. The van der Waals surface area contributed by atoms with E-state index in [2.05, 4.69) is 10.5 Å². The van der Waals surface area contributed by atoms with E-state index in [0.717, 1.165) is 0 Å². The van der Waals surface area contributed by atoms with Gasteiger partial charge >= 0.3 is 5.97 Å². The highest BCUT2D eigenvalue weighted by atomic mass is 32.1. The van der Waals surface area contributed by atoms with Crippen LogP contribution in [0.15, 0.2) is 65.1 Å². The number of ether oxygens (including phenoxy) is 2. The minimum Gasteiger partial charge on any atom is -0.490 e. The highest BCUT2D eigenvalue weighted by Gasteiger charge is 2.14. The predicted molar refractivity (Wildman–Crippen MR) is 115 cm³/mol. The van der Waals surface area contributed by atoms with Crippen molar-refractivity contribution in [3.63, 3.8) is 0 Å². The van der Waals surface area contributed by atoms with E-state index in [1.165, 1.54) is 41.8 Å². The molecule has 3 aromatic rings. The molecule has 31 heavy (non-hydrogen) atoms. The Balaban J connectivity index is 1.67. The molecule has 1 N–H and O–H groups in total. The number of benzene rings is 2. The van der Waals surface area contributed by atoms with Crippen molar-refractivity contribution < 1.29 is 24.0 Å². The highest BCUT2D eigenvalue weighted by molar-refractivity contribution is 7.12. The van der Waals surface area contributed by atoms with Crippen LogP contribution in [0.1, 0.15) is 32.5 Å². The van der Waals surface area contributed by atoms with Crippen LogP contribution in [0.5, 0.6) is 11.5 Å². The quantitative estimate of drug-likeness (QED) is 0.186. The number of nitrogens with zero attached hydrogens (tertiary/aromatic N) is 2. The lowest BCUT2D eigenvalue weighted by Gasteiger charge is -2.10. The van der Waals surface area contributed by atoms with Gasteiger partial charge in [-0.2, -0.15) is 5.10 Å². The first-order chi connectivity index (χ1) is 15.0. The summed E-state index contributed by atoms with van der Waals surface area (Å²) in [5, 5.41) is 16.3. The van der Waals surface area contributed by atoms with Crippen LogP contribution >= 0.6 is 11.3 Å². The number of rotatable bonds is 8. The van der Waals surface area contributed by atoms with Crippen molar-refractivity contribution in [2.75, 3.05) is 6.61 Å². The summed E-state index contributed by atoms with van der Waals surface area (Å²) in [7, 11) is 0. The molecule has 1 aromatic heterocycles. The van der Waals surface area contributed by atoms with Crippen LogP contribution in [-0.2, 0) is 0 Å². The van der Waals surface area contributed by atoms with Crippen molar-refractivity contribution >= 4 is 35.1 Å². The Morgan fingerprint density at radius 2 is 1.94 bits per heavy atom. The number of amides is 1. The van der Waals surface area contributed by atoms with Crippen molar-refractivity contribution in [3.05, 3.63) is 86.1 Å². The number of carbonyl (C=O) groups excluding carboxylic acids is 2. The minimum atomic E-state index is -0.544. The van der Waals surface area contributed by atoms with E-state index in [-0.39, 0.29) is 17.0 Å². The van der Waals surface area contributed by atoms with Crippen molar-refractivity contribution in [2.45, 2.75) is 6.92 Å². The molecule has 9 nitrogen and oxygen atoms in total. The monoisotopic (exact) mass is 439 g/mol. The molecule has 0 fully saturated rings. The maximum atomic E-state index is 12.2. The summed E-state index contributed by atoms with van der Waals surface area (Å²) in [5.74, 6) is -0.365. The molecule has 0 saturated carbocycles.